The molecule has 0 aromatic heterocycles. The molecule has 4 heteroatoms. The van der Waals surface area contributed by atoms with Gasteiger partial charge < -0.3 is 11.1 Å². The van der Waals surface area contributed by atoms with E-state index >= 15 is 0 Å². The highest BCUT2D eigenvalue weighted by Crippen LogP contribution is 2.09. The Hall–Kier alpha value is -1.32. The van der Waals surface area contributed by atoms with Crippen LogP contribution in [-0.4, -0.2) is 25.0 Å². The molecule has 0 radical (unpaired) electrons. The summed E-state index contributed by atoms with van der Waals surface area (Å²) in [4.78, 5) is 0. The molecule has 0 heterocycles. The van der Waals surface area contributed by atoms with Crippen LogP contribution in [0.1, 0.15) is 71.6 Å². The summed E-state index contributed by atoms with van der Waals surface area (Å²) in [6.45, 7) is 11.4. The molecule has 0 rings (SSSR count). The van der Waals surface area contributed by atoms with Gasteiger partial charge in [0.1, 0.15) is 0 Å². The predicted molar refractivity (Wildman–Crippen MR) is 91.3 cm³/mol. The van der Waals surface area contributed by atoms with Gasteiger partial charge in [0.15, 0.2) is 0 Å². The zero-order chi connectivity index (χ0) is 15.6. The van der Waals surface area contributed by atoms with Gasteiger partial charge in [0.2, 0.25) is 0 Å². The summed E-state index contributed by atoms with van der Waals surface area (Å²) in [6.07, 6.45) is 12.9. The van der Waals surface area contributed by atoms with Gasteiger partial charge in [-0.15, -0.1) is 0 Å². The molecule has 0 aliphatic rings. The molecule has 0 unspecified atom stereocenters. The maximum absolute atomic E-state index is 6.00. The van der Waals surface area contributed by atoms with Crippen LogP contribution in [0.4, 0.5) is 0 Å². The molecule has 0 amide bonds. The second kappa shape index (κ2) is 17.7. The zero-order valence-corrected chi connectivity index (χ0v) is 13.5. The van der Waals surface area contributed by atoms with Crippen molar-refractivity contribution in [3.63, 3.8) is 0 Å². The van der Waals surface area contributed by atoms with Crippen LogP contribution >= 0.6 is 0 Å². The van der Waals surface area contributed by atoms with E-state index in [1.807, 2.05) is 11.2 Å². The number of hydrogen-bond acceptors (Lipinski definition) is 4. The number of nitrogens with one attached hydrogen (secondary N) is 1. The third kappa shape index (κ3) is 14.7. The lowest BCUT2D eigenvalue weighted by Crippen LogP contribution is -2.14. The Balaban J connectivity index is 0. The number of hydrazone groups is 1. The van der Waals surface area contributed by atoms with E-state index in [1.54, 1.807) is 0 Å². The summed E-state index contributed by atoms with van der Waals surface area (Å²) in [5.74, 6) is 0. The summed E-state index contributed by atoms with van der Waals surface area (Å²) in [5, 5.41) is 11.4. The molecule has 118 valence electrons. The lowest BCUT2D eigenvalue weighted by atomic mass is 10.1. The Labute approximate surface area is 125 Å². The molecule has 0 fully saturated rings. The first-order valence-electron chi connectivity index (χ1n) is 7.79. The molecule has 3 N–H and O–H groups in total. The van der Waals surface area contributed by atoms with Crippen LogP contribution in [0, 0.1) is 5.41 Å². The van der Waals surface area contributed by atoms with Crippen molar-refractivity contribution < 1.29 is 0 Å². The first-order chi connectivity index (χ1) is 9.74. The number of allylic oxidation sites excluding steroid dienone is 1. The molecule has 0 saturated heterocycles. The highest BCUT2D eigenvalue weighted by molar-refractivity contribution is 5.23. The maximum Gasteiger partial charge on any atom is 0.0419 e. The highest BCUT2D eigenvalue weighted by atomic mass is 15.4. The largest absolute Gasteiger partial charge is 0.401 e. The van der Waals surface area contributed by atoms with E-state index in [4.69, 9.17) is 11.1 Å². The van der Waals surface area contributed by atoms with E-state index in [0.717, 1.165) is 25.1 Å². The molecular formula is C16H34N4. The first kappa shape index (κ1) is 21.0. The average molecular weight is 282 g/mol. The number of unbranched alkanes of at least 4 members (excludes halogenated alkanes) is 6. The topological polar surface area (TPSA) is 65.5 Å². The Morgan fingerprint density at radius 2 is 1.60 bits per heavy atom. The maximum atomic E-state index is 6.00. The SMILES string of the molecule is C=N.C=NN(/C=C(\N)CCCCCCC)CCCCC. The van der Waals surface area contributed by atoms with Crippen molar-refractivity contribution in [3.05, 3.63) is 11.9 Å². The van der Waals surface area contributed by atoms with Gasteiger partial charge >= 0.3 is 0 Å². The summed E-state index contributed by atoms with van der Waals surface area (Å²) >= 11 is 0. The summed E-state index contributed by atoms with van der Waals surface area (Å²) in [7, 11) is 0. The third-order valence-electron chi connectivity index (χ3n) is 3.06. The van der Waals surface area contributed by atoms with E-state index in [-0.39, 0.29) is 0 Å². The fourth-order valence-corrected chi connectivity index (χ4v) is 1.89. The van der Waals surface area contributed by atoms with E-state index in [0.29, 0.717) is 0 Å². The lowest BCUT2D eigenvalue weighted by Gasteiger charge is -2.14. The highest BCUT2D eigenvalue weighted by Gasteiger charge is 1.98. The Bertz CT molecular complexity index is 239. The molecule has 0 aliphatic heterocycles. The smallest absolute Gasteiger partial charge is 0.0419 e. The van der Waals surface area contributed by atoms with Crippen LogP contribution in [0.2, 0.25) is 0 Å². The normalized spacial score (nSPS) is 10.6. The van der Waals surface area contributed by atoms with Crippen molar-refractivity contribution in [2.24, 2.45) is 10.8 Å². The van der Waals surface area contributed by atoms with E-state index < -0.39 is 0 Å². The monoisotopic (exact) mass is 282 g/mol. The zero-order valence-electron chi connectivity index (χ0n) is 13.5. The van der Waals surface area contributed by atoms with Crippen LogP contribution in [0.5, 0.6) is 0 Å². The summed E-state index contributed by atoms with van der Waals surface area (Å²) < 4.78 is 0. The third-order valence-corrected chi connectivity index (χ3v) is 3.06. The quantitative estimate of drug-likeness (QED) is 0.314. The van der Waals surface area contributed by atoms with Gasteiger partial charge in [0.25, 0.3) is 0 Å². The number of hydrogen-bond donors (Lipinski definition) is 2. The minimum Gasteiger partial charge on any atom is -0.401 e. The van der Waals surface area contributed by atoms with Crippen molar-refractivity contribution >= 4 is 13.4 Å². The second-order valence-electron chi connectivity index (χ2n) is 4.88. The van der Waals surface area contributed by atoms with Gasteiger partial charge in [-0.05, 0) is 26.0 Å². The molecule has 0 aromatic carbocycles. The summed E-state index contributed by atoms with van der Waals surface area (Å²) in [5.41, 5.74) is 6.93. The summed E-state index contributed by atoms with van der Waals surface area (Å²) in [6, 6.07) is 0. The van der Waals surface area contributed by atoms with Gasteiger partial charge in [0.05, 0.1) is 0 Å². The molecule has 0 bridgehead atoms. The van der Waals surface area contributed by atoms with Crippen molar-refractivity contribution in [1.82, 2.24) is 5.01 Å². The molecule has 0 atom stereocenters. The van der Waals surface area contributed by atoms with Crippen molar-refractivity contribution in [2.45, 2.75) is 71.6 Å². The van der Waals surface area contributed by atoms with Crippen LogP contribution in [-0.2, 0) is 0 Å². The molecule has 0 spiro atoms. The number of rotatable bonds is 12. The van der Waals surface area contributed by atoms with Crippen molar-refractivity contribution in [1.29, 1.82) is 5.41 Å². The fraction of sp³-hybridized carbons (Fsp3) is 0.750. The Kier molecular flexibility index (Phi) is 18.6. The van der Waals surface area contributed by atoms with Gasteiger partial charge in [0, 0.05) is 25.2 Å². The average Bonchev–Trinajstić information content (AvgIpc) is 2.48. The first-order valence-corrected chi connectivity index (χ1v) is 7.79. The van der Waals surface area contributed by atoms with Crippen LogP contribution in [0.15, 0.2) is 17.0 Å². The second-order valence-corrected chi connectivity index (χ2v) is 4.88. The molecule has 0 saturated carbocycles. The number of nitrogens with two attached hydrogens (primary N) is 1. The molecule has 0 aromatic rings. The Morgan fingerprint density at radius 1 is 1.05 bits per heavy atom. The molecule has 4 nitrogen and oxygen atoms in total. The van der Waals surface area contributed by atoms with Crippen LogP contribution in [0.3, 0.4) is 0 Å². The van der Waals surface area contributed by atoms with Crippen molar-refractivity contribution in [3.8, 4) is 0 Å². The van der Waals surface area contributed by atoms with Gasteiger partial charge in [-0.1, -0.05) is 52.4 Å². The standard InChI is InChI=1S/C15H31N3.CH3N/c1-4-6-8-9-10-12-15(16)14-18(17-3)13-11-7-5-2;1-2/h14H,3-13,16H2,1-2H3;2H,1H2/b15-14-;. The number of nitrogens with zero attached hydrogens (tertiary/aromatic N) is 2. The fourth-order valence-electron chi connectivity index (χ4n) is 1.89. The van der Waals surface area contributed by atoms with E-state index in [2.05, 4.69) is 32.4 Å². The van der Waals surface area contributed by atoms with Crippen LogP contribution in [0.25, 0.3) is 0 Å². The predicted octanol–water partition coefficient (Wildman–Crippen LogP) is 4.52. The lowest BCUT2D eigenvalue weighted by molar-refractivity contribution is 0.383. The molecule has 0 aliphatic carbocycles. The van der Waals surface area contributed by atoms with Crippen LogP contribution < -0.4 is 5.73 Å². The van der Waals surface area contributed by atoms with Gasteiger partial charge in [-0.2, -0.15) is 5.10 Å². The minimum atomic E-state index is 0.924. The van der Waals surface area contributed by atoms with E-state index in [9.17, 15) is 0 Å². The van der Waals surface area contributed by atoms with Crippen molar-refractivity contribution in [2.75, 3.05) is 6.54 Å². The minimum absolute atomic E-state index is 0.924. The van der Waals surface area contributed by atoms with Gasteiger partial charge in [-0.25, -0.2) is 0 Å². The molecular weight excluding hydrogens is 248 g/mol. The van der Waals surface area contributed by atoms with E-state index in [1.165, 1.54) is 44.9 Å². The van der Waals surface area contributed by atoms with Gasteiger partial charge in [-0.3, -0.25) is 5.01 Å². The molecule has 20 heavy (non-hydrogen) atoms. The Morgan fingerprint density at radius 3 is 2.15 bits per heavy atom.